The molecule has 35 heavy (non-hydrogen) atoms. The molecule has 0 heterocycles. The van der Waals surface area contributed by atoms with Crippen LogP contribution in [0.2, 0.25) is 0 Å². The minimum absolute atomic E-state index is 0.575. The third kappa shape index (κ3) is 14.1. The monoisotopic (exact) mass is 586 g/mol. The van der Waals surface area contributed by atoms with Gasteiger partial charge in [-0.15, -0.1) is 0 Å². The zero-order valence-corrected chi connectivity index (χ0v) is 23.1. The number of unbranched alkanes of at least 4 members (excludes halogenated alkanes) is 2. The van der Waals surface area contributed by atoms with Crippen LogP contribution < -0.4 is 21.2 Å². The molecule has 0 saturated carbocycles. The predicted molar refractivity (Wildman–Crippen MR) is 146 cm³/mol. The molecule has 4 N–H and O–H groups in total. The molecule has 0 saturated heterocycles. The average molecular weight is 587 g/mol. The fraction of sp³-hybridized carbons (Fsp3) is 0.286. The topological polar surface area (TPSA) is 98.7 Å². The number of hydrogen-bond acceptors (Lipinski definition) is 2. The van der Waals surface area contributed by atoms with Crippen molar-refractivity contribution in [3.63, 3.8) is 0 Å². The van der Waals surface area contributed by atoms with E-state index in [1.165, 1.54) is 10.5 Å². The van der Waals surface area contributed by atoms with Gasteiger partial charge in [-0.2, -0.15) is 0 Å². The minimum atomic E-state index is -1.83. The van der Waals surface area contributed by atoms with Crippen molar-refractivity contribution in [2.75, 3.05) is 13.1 Å². The number of hydrogen-bond donors (Lipinski definition) is 4. The Morgan fingerprint density at radius 1 is 0.600 bits per heavy atom. The molecule has 0 aliphatic heterocycles. The number of carboxylic acid groups (broad SMARTS) is 2. The van der Waals surface area contributed by atoms with E-state index in [2.05, 4.69) is 102 Å². The van der Waals surface area contributed by atoms with Crippen LogP contribution in [0.15, 0.2) is 91.0 Å². The summed E-state index contributed by atoms with van der Waals surface area (Å²) in [5.74, 6) is 0. The third-order valence-corrected chi connectivity index (χ3v) is 11.6. The standard InChI is InChI=1S/3C6H5.2C5H11NO2.Sb/c3*1-2-4-6-5-3-1;2*1-2-3-4-6-5(7)8;/h3*1-5H;2*6H,2-4H2,1H3,(H,7,8);. The Morgan fingerprint density at radius 2 is 0.886 bits per heavy atom. The zero-order chi connectivity index (χ0) is 25.7. The molecule has 0 atom stereocenters. The summed E-state index contributed by atoms with van der Waals surface area (Å²) in [5, 5.41) is 20.6. The molecule has 3 aromatic carbocycles. The summed E-state index contributed by atoms with van der Waals surface area (Å²) >= 11 is -1.83. The first-order valence-corrected chi connectivity index (χ1v) is 15.7. The average Bonchev–Trinajstić information content (AvgIpc) is 2.87. The molecule has 0 aliphatic carbocycles. The van der Waals surface area contributed by atoms with Gasteiger partial charge in [-0.1, -0.05) is 26.7 Å². The van der Waals surface area contributed by atoms with Crippen molar-refractivity contribution in [1.29, 1.82) is 0 Å². The molecular formula is C28H37N2O4Sb. The Labute approximate surface area is 216 Å². The molecule has 0 aromatic heterocycles. The number of benzene rings is 3. The number of nitrogens with one attached hydrogen (secondary N) is 2. The number of rotatable bonds is 9. The van der Waals surface area contributed by atoms with E-state index in [9.17, 15) is 9.59 Å². The van der Waals surface area contributed by atoms with E-state index in [-0.39, 0.29) is 0 Å². The van der Waals surface area contributed by atoms with Gasteiger partial charge in [-0.05, 0) is 12.8 Å². The van der Waals surface area contributed by atoms with Gasteiger partial charge in [0.1, 0.15) is 0 Å². The van der Waals surface area contributed by atoms with Crippen LogP contribution in [0.4, 0.5) is 9.59 Å². The third-order valence-electron chi connectivity index (χ3n) is 4.66. The first-order valence-electron chi connectivity index (χ1n) is 11.9. The second-order valence-electron chi connectivity index (χ2n) is 7.51. The van der Waals surface area contributed by atoms with Gasteiger partial charge in [0.05, 0.1) is 0 Å². The molecule has 3 aromatic rings. The van der Waals surface area contributed by atoms with Gasteiger partial charge in [0.15, 0.2) is 0 Å². The van der Waals surface area contributed by atoms with Gasteiger partial charge in [0.2, 0.25) is 0 Å². The fourth-order valence-electron chi connectivity index (χ4n) is 2.92. The maximum absolute atomic E-state index is 9.76. The fourth-order valence-corrected chi connectivity index (χ4v) is 9.50. The van der Waals surface area contributed by atoms with E-state index in [4.69, 9.17) is 10.2 Å². The first kappa shape index (κ1) is 30.0. The van der Waals surface area contributed by atoms with Gasteiger partial charge in [0.25, 0.3) is 0 Å². The van der Waals surface area contributed by atoms with E-state index < -0.39 is 32.4 Å². The Kier molecular flexibility index (Phi) is 16.6. The van der Waals surface area contributed by atoms with Crippen LogP contribution in [0.5, 0.6) is 0 Å². The van der Waals surface area contributed by atoms with E-state index in [1.807, 2.05) is 13.8 Å². The van der Waals surface area contributed by atoms with Crippen LogP contribution >= 0.6 is 0 Å². The second-order valence-corrected chi connectivity index (χ2v) is 13.8. The van der Waals surface area contributed by atoms with Crippen LogP contribution in [0.1, 0.15) is 39.5 Å². The number of amides is 2. The molecule has 0 bridgehead atoms. The van der Waals surface area contributed by atoms with Gasteiger partial charge < -0.3 is 20.8 Å². The summed E-state index contributed by atoms with van der Waals surface area (Å²) in [5.41, 5.74) is 0. The van der Waals surface area contributed by atoms with Crippen LogP contribution in [0, 0.1) is 0 Å². The summed E-state index contributed by atoms with van der Waals surface area (Å²) in [7, 11) is 0. The van der Waals surface area contributed by atoms with Gasteiger partial charge >= 0.3 is 134 Å². The zero-order valence-electron chi connectivity index (χ0n) is 20.6. The molecule has 0 fully saturated rings. The second kappa shape index (κ2) is 19.3. The Morgan fingerprint density at radius 3 is 1.11 bits per heavy atom. The van der Waals surface area contributed by atoms with Crippen molar-refractivity contribution in [3.8, 4) is 0 Å². The van der Waals surface area contributed by atoms with Crippen molar-refractivity contribution >= 4 is 42.9 Å². The molecule has 6 nitrogen and oxygen atoms in total. The molecular weight excluding hydrogens is 550 g/mol. The molecule has 0 spiro atoms. The SMILES string of the molecule is CCCCNC(=O)O.CCCCNC(=O)O.c1cc[c]([Sb]([c]2ccccc2)[c]2ccccc2)cc1. The van der Waals surface area contributed by atoms with Crippen molar-refractivity contribution in [2.24, 2.45) is 0 Å². The normalized spacial score (nSPS) is 9.69. The van der Waals surface area contributed by atoms with Gasteiger partial charge in [-0.3, -0.25) is 0 Å². The number of carbonyl (C=O) groups is 2. The molecule has 0 aliphatic rings. The Balaban J connectivity index is 0.000000320. The maximum atomic E-state index is 9.76. The Bertz CT molecular complexity index is 827. The summed E-state index contributed by atoms with van der Waals surface area (Å²) in [6.45, 7) is 5.19. The summed E-state index contributed by atoms with van der Waals surface area (Å²) < 4.78 is 4.55. The Hall–Kier alpha value is -2.98. The molecule has 0 unspecified atom stereocenters. The van der Waals surface area contributed by atoms with Crippen LogP contribution in [-0.2, 0) is 0 Å². The van der Waals surface area contributed by atoms with E-state index in [1.54, 1.807) is 0 Å². The van der Waals surface area contributed by atoms with Crippen molar-refractivity contribution in [2.45, 2.75) is 39.5 Å². The predicted octanol–water partition coefficient (Wildman–Crippen LogP) is 4.31. The van der Waals surface area contributed by atoms with Crippen LogP contribution in [0.25, 0.3) is 0 Å². The van der Waals surface area contributed by atoms with E-state index in [0.717, 1.165) is 25.7 Å². The van der Waals surface area contributed by atoms with Crippen molar-refractivity contribution in [1.82, 2.24) is 10.6 Å². The van der Waals surface area contributed by atoms with E-state index >= 15 is 0 Å². The summed E-state index contributed by atoms with van der Waals surface area (Å²) in [4.78, 5) is 19.5. The summed E-state index contributed by atoms with van der Waals surface area (Å²) in [6, 6.07) is 32.9. The van der Waals surface area contributed by atoms with Crippen LogP contribution in [0.3, 0.4) is 0 Å². The molecule has 3 rings (SSSR count). The quantitative estimate of drug-likeness (QED) is 0.222. The molecule has 0 radical (unpaired) electrons. The van der Waals surface area contributed by atoms with Crippen molar-refractivity contribution in [3.05, 3.63) is 91.0 Å². The van der Waals surface area contributed by atoms with Gasteiger partial charge in [-0.25, -0.2) is 9.59 Å². The van der Waals surface area contributed by atoms with E-state index in [0.29, 0.717) is 13.1 Å². The molecule has 2 amide bonds. The molecule has 7 heteroatoms. The van der Waals surface area contributed by atoms with Crippen LogP contribution in [-0.4, -0.2) is 55.7 Å². The summed E-state index contributed by atoms with van der Waals surface area (Å²) in [6.07, 6.45) is 2.04. The van der Waals surface area contributed by atoms with Gasteiger partial charge in [0, 0.05) is 13.1 Å². The molecule has 188 valence electrons. The first-order chi connectivity index (χ1) is 17.0. The van der Waals surface area contributed by atoms with Crippen molar-refractivity contribution < 1.29 is 19.8 Å².